The molecule has 0 unspecified atom stereocenters. The summed E-state index contributed by atoms with van der Waals surface area (Å²) < 4.78 is 32.7. The number of anilines is 2. The number of amides is 1. The van der Waals surface area contributed by atoms with Crippen LogP contribution < -0.4 is 9.62 Å². The quantitative estimate of drug-likeness (QED) is 0.779. The zero-order valence-corrected chi connectivity index (χ0v) is 16.2. The van der Waals surface area contributed by atoms with Crippen molar-refractivity contribution in [2.45, 2.75) is 24.2 Å². The Hall–Kier alpha value is -2.87. The molecule has 0 bridgehead atoms. The molecule has 1 aliphatic carbocycles. The topological polar surface area (TPSA) is 92.8 Å². The van der Waals surface area contributed by atoms with Crippen LogP contribution in [0, 0.1) is 5.92 Å². The molecule has 2 aromatic carbocycles. The van der Waals surface area contributed by atoms with Gasteiger partial charge in [0.15, 0.2) is 0 Å². The number of esters is 1. The Labute approximate surface area is 163 Å². The van der Waals surface area contributed by atoms with Crippen molar-refractivity contribution in [3.63, 3.8) is 0 Å². The number of hydrogen-bond acceptors (Lipinski definition) is 5. The highest BCUT2D eigenvalue weighted by atomic mass is 32.2. The molecule has 4 rings (SSSR count). The SMILES string of the molecule is COC(=O)c1cccc(NS(=O)(=O)c2ccc3c(c2)CCN3C(=O)C2CC2)c1. The molecule has 0 radical (unpaired) electrons. The average Bonchev–Trinajstić information content (AvgIpc) is 3.45. The molecule has 1 aliphatic heterocycles. The number of nitrogens with one attached hydrogen (secondary N) is 1. The molecular weight excluding hydrogens is 380 g/mol. The largest absolute Gasteiger partial charge is 0.465 e. The number of sulfonamides is 1. The smallest absolute Gasteiger partial charge is 0.337 e. The van der Waals surface area contributed by atoms with Crippen LogP contribution >= 0.6 is 0 Å². The van der Waals surface area contributed by atoms with Gasteiger partial charge in [-0.2, -0.15) is 0 Å². The fraction of sp³-hybridized carbons (Fsp3) is 0.300. The fourth-order valence-electron chi connectivity index (χ4n) is 3.37. The second-order valence-electron chi connectivity index (χ2n) is 6.98. The number of nitrogens with zero attached hydrogens (tertiary/aromatic N) is 1. The Kier molecular flexibility index (Phi) is 4.58. The average molecular weight is 400 g/mol. The number of carbonyl (C=O) groups excluding carboxylic acids is 2. The maximum absolute atomic E-state index is 12.8. The lowest BCUT2D eigenvalue weighted by Crippen LogP contribution is -2.30. The molecule has 28 heavy (non-hydrogen) atoms. The molecule has 1 N–H and O–H groups in total. The van der Waals surface area contributed by atoms with E-state index < -0.39 is 16.0 Å². The number of hydrogen-bond donors (Lipinski definition) is 1. The van der Waals surface area contributed by atoms with Gasteiger partial charge in [0.1, 0.15) is 0 Å². The van der Waals surface area contributed by atoms with Gasteiger partial charge in [0.2, 0.25) is 5.91 Å². The monoisotopic (exact) mass is 400 g/mol. The molecular formula is C20H20N2O5S. The highest BCUT2D eigenvalue weighted by Crippen LogP contribution is 2.37. The Bertz CT molecular complexity index is 1060. The summed E-state index contributed by atoms with van der Waals surface area (Å²) in [5.74, 6) is -0.288. The van der Waals surface area contributed by atoms with E-state index in [-0.39, 0.29) is 28.0 Å². The molecule has 0 saturated heterocycles. The third kappa shape index (κ3) is 3.47. The minimum atomic E-state index is -3.83. The first kappa shape index (κ1) is 18.5. The van der Waals surface area contributed by atoms with Crippen LogP contribution in [-0.4, -0.2) is 33.9 Å². The molecule has 0 atom stereocenters. The first-order valence-corrected chi connectivity index (χ1v) is 10.5. The molecule has 1 fully saturated rings. The van der Waals surface area contributed by atoms with Gasteiger partial charge >= 0.3 is 5.97 Å². The van der Waals surface area contributed by atoms with Crippen molar-refractivity contribution in [2.75, 3.05) is 23.3 Å². The first-order chi connectivity index (χ1) is 13.4. The van der Waals surface area contributed by atoms with E-state index in [1.807, 2.05) is 0 Å². The predicted molar refractivity (Wildman–Crippen MR) is 104 cm³/mol. The minimum Gasteiger partial charge on any atom is -0.465 e. The van der Waals surface area contributed by atoms with Crippen LogP contribution in [-0.2, 0) is 26.0 Å². The summed E-state index contributed by atoms with van der Waals surface area (Å²) in [5.41, 5.74) is 2.17. The number of benzene rings is 2. The summed E-state index contributed by atoms with van der Waals surface area (Å²) >= 11 is 0. The summed E-state index contributed by atoms with van der Waals surface area (Å²) in [4.78, 5) is 25.9. The Balaban J connectivity index is 1.57. The van der Waals surface area contributed by atoms with E-state index in [2.05, 4.69) is 9.46 Å². The molecule has 0 spiro atoms. The number of fused-ring (bicyclic) bond motifs is 1. The van der Waals surface area contributed by atoms with Crippen molar-refractivity contribution >= 4 is 33.3 Å². The van der Waals surface area contributed by atoms with Gasteiger partial charge in [0, 0.05) is 23.8 Å². The van der Waals surface area contributed by atoms with Crippen molar-refractivity contribution < 1.29 is 22.7 Å². The predicted octanol–water partition coefficient (Wildman–Crippen LogP) is 2.57. The zero-order chi connectivity index (χ0) is 19.9. The lowest BCUT2D eigenvalue weighted by molar-refractivity contribution is -0.119. The second kappa shape index (κ2) is 6.94. The van der Waals surface area contributed by atoms with Gasteiger partial charge in [0.25, 0.3) is 10.0 Å². The molecule has 1 heterocycles. The molecule has 2 aliphatic rings. The van der Waals surface area contributed by atoms with Crippen LogP contribution in [0.4, 0.5) is 11.4 Å². The molecule has 146 valence electrons. The van der Waals surface area contributed by atoms with Gasteiger partial charge in [-0.05, 0) is 61.2 Å². The summed E-state index contributed by atoms with van der Waals surface area (Å²) in [6.07, 6.45) is 2.51. The molecule has 1 amide bonds. The zero-order valence-electron chi connectivity index (χ0n) is 15.3. The van der Waals surface area contributed by atoms with E-state index in [4.69, 9.17) is 0 Å². The number of ether oxygens (including phenoxy) is 1. The van der Waals surface area contributed by atoms with Crippen LogP contribution in [0.25, 0.3) is 0 Å². The van der Waals surface area contributed by atoms with E-state index in [1.54, 1.807) is 35.2 Å². The van der Waals surface area contributed by atoms with Gasteiger partial charge in [-0.1, -0.05) is 6.07 Å². The van der Waals surface area contributed by atoms with Crippen LogP contribution in [0.2, 0.25) is 0 Å². The Morgan fingerprint density at radius 3 is 2.64 bits per heavy atom. The van der Waals surface area contributed by atoms with Crippen molar-refractivity contribution in [1.29, 1.82) is 0 Å². The maximum Gasteiger partial charge on any atom is 0.337 e. The normalized spacial score (nSPS) is 15.8. The van der Waals surface area contributed by atoms with Crippen molar-refractivity contribution in [2.24, 2.45) is 5.92 Å². The molecule has 8 heteroatoms. The molecule has 7 nitrogen and oxygen atoms in total. The summed E-state index contributed by atoms with van der Waals surface area (Å²) in [6.45, 7) is 0.586. The standard InChI is InChI=1S/C20H20N2O5S/c1-27-20(24)15-3-2-4-16(11-15)21-28(25,26)17-7-8-18-14(12-17)9-10-22(18)19(23)13-5-6-13/h2-4,7-8,11-13,21H,5-6,9-10H2,1H3. The van der Waals surface area contributed by atoms with Crippen LogP contribution in [0.5, 0.6) is 0 Å². The summed E-state index contributed by atoms with van der Waals surface area (Å²) in [7, 11) is -2.57. The lowest BCUT2D eigenvalue weighted by Gasteiger charge is -2.17. The Morgan fingerprint density at radius 2 is 1.93 bits per heavy atom. The van der Waals surface area contributed by atoms with E-state index in [0.29, 0.717) is 13.0 Å². The molecule has 0 aromatic heterocycles. The van der Waals surface area contributed by atoms with Gasteiger partial charge < -0.3 is 9.64 Å². The van der Waals surface area contributed by atoms with Crippen LogP contribution in [0.15, 0.2) is 47.4 Å². The molecule has 2 aromatic rings. The highest BCUT2D eigenvalue weighted by Gasteiger charge is 2.36. The van der Waals surface area contributed by atoms with Crippen molar-refractivity contribution in [3.05, 3.63) is 53.6 Å². The van der Waals surface area contributed by atoms with Crippen LogP contribution in [0.1, 0.15) is 28.8 Å². The number of carbonyl (C=O) groups is 2. The van der Waals surface area contributed by atoms with Crippen molar-refractivity contribution in [3.8, 4) is 0 Å². The van der Waals surface area contributed by atoms with Gasteiger partial charge in [0.05, 0.1) is 17.6 Å². The highest BCUT2D eigenvalue weighted by molar-refractivity contribution is 7.92. The first-order valence-electron chi connectivity index (χ1n) is 9.04. The summed E-state index contributed by atoms with van der Waals surface area (Å²) in [5, 5.41) is 0. The van der Waals surface area contributed by atoms with E-state index in [1.165, 1.54) is 19.2 Å². The van der Waals surface area contributed by atoms with Gasteiger partial charge in [-0.25, -0.2) is 13.2 Å². The van der Waals surface area contributed by atoms with Crippen molar-refractivity contribution in [1.82, 2.24) is 0 Å². The third-order valence-electron chi connectivity index (χ3n) is 4.99. The van der Waals surface area contributed by atoms with Crippen LogP contribution in [0.3, 0.4) is 0 Å². The van der Waals surface area contributed by atoms with E-state index >= 15 is 0 Å². The minimum absolute atomic E-state index is 0.121. The second-order valence-corrected chi connectivity index (χ2v) is 8.66. The Morgan fingerprint density at radius 1 is 1.14 bits per heavy atom. The lowest BCUT2D eigenvalue weighted by atomic mass is 10.2. The van der Waals surface area contributed by atoms with Gasteiger partial charge in [-0.3, -0.25) is 9.52 Å². The maximum atomic E-state index is 12.8. The van der Waals surface area contributed by atoms with Gasteiger partial charge in [-0.15, -0.1) is 0 Å². The summed E-state index contributed by atoms with van der Waals surface area (Å²) in [6, 6.07) is 10.9. The fourth-order valence-corrected chi connectivity index (χ4v) is 4.47. The third-order valence-corrected chi connectivity index (χ3v) is 6.36. The number of rotatable bonds is 5. The molecule has 1 saturated carbocycles. The van der Waals surface area contributed by atoms with E-state index in [0.717, 1.165) is 24.1 Å². The number of methoxy groups -OCH3 is 1. The van der Waals surface area contributed by atoms with E-state index in [9.17, 15) is 18.0 Å².